The smallest absolute Gasteiger partial charge is 0.309 e. The molecule has 0 aromatic rings. The van der Waals surface area contributed by atoms with Crippen LogP contribution in [0.25, 0.3) is 0 Å². The van der Waals surface area contributed by atoms with Gasteiger partial charge in [0.2, 0.25) is 0 Å². The van der Waals surface area contributed by atoms with E-state index in [4.69, 9.17) is 9.84 Å². The lowest BCUT2D eigenvalue weighted by Gasteiger charge is -2.27. The predicted molar refractivity (Wildman–Crippen MR) is 51.7 cm³/mol. The Morgan fingerprint density at radius 1 is 1.57 bits per heavy atom. The fraction of sp³-hybridized carbons (Fsp3) is 0.600. The third-order valence-corrected chi connectivity index (χ3v) is 2.23. The Labute approximate surface area is 83.6 Å². The molecule has 1 atom stereocenters. The lowest BCUT2D eigenvalue weighted by molar-refractivity contribution is -0.153. The molecular formula is C10H16O4. The minimum absolute atomic E-state index is 0.0537. The highest BCUT2D eigenvalue weighted by atomic mass is 16.5. The molecule has 0 saturated heterocycles. The summed E-state index contributed by atoms with van der Waals surface area (Å²) in [6, 6.07) is 0. The molecule has 0 heterocycles. The highest BCUT2D eigenvalue weighted by Crippen LogP contribution is 2.28. The number of carboxylic acid groups (broad SMARTS) is 1. The monoisotopic (exact) mass is 200 g/mol. The van der Waals surface area contributed by atoms with E-state index in [9.17, 15) is 9.59 Å². The van der Waals surface area contributed by atoms with E-state index in [1.807, 2.05) is 0 Å². The van der Waals surface area contributed by atoms with E-state index >= 15 is 0 Å². The van der Waals surface area contributed by atoms with E-state index in [2.05, 4.69) is 6.58 Å². The zero-order valence-electron chi connectivity index (χ0n) is 8.74. The number of hydrogen-bond donors (Lipinski definition) is 1. The average molecular weight is 200 g/mol. The fourth-order valence-electron chi connectivity index (χ4n) is 0.937. The van der Waals surface area contributed by atoms with Crippen LogP contribution in [0.4, 0.5) is 0 Å². The molecule has 1 unspecified atom stereocenters. The number of carbonyl (C=O) groups excluding carboxylic acids is 1. The molecule has 0 rings (SSSR count). The van der Waals surface area contributed by atoms with Crippen LogP contribution < -0.4 is 0 Å². The summed E-state index contributed by atoms with van der Waals surface area (Å²) >= 11 is 0. The molecule has 0 aliphatic carbocycles. The SMILES string of the molecule is C=CC(COC(C)=O)C(C)(C)C(=O)O. The van der Waals surface area contributed by atoms with Crippen LogP contribution in [0.15, 0.2) is 12.7 Å². The van der Waals surface area contributed by atoms with Crippen molar-refractivity contribution in [1.29, 1.82) is 0 Å². The van der Waals surface area contributed by atoms with Crippen molar-refractivity contribution in [2.75, 3.05) is 6.61 Å². The molecule has 0 spiro atoms. The van der Waals surface area contributed by atoms with Crippen LogP contribution in [0.1, 0.15) is 20.8 Å². The van der Waals surface area contributed by atoms with Crippen molar-refractivity contribution >= 4 is 11.9 Å². The van der Waals surface area contributed by atoms with Gasteiger partial charge in [-0.3, -0.25) is 9.59 Å². The number of ether oxygens (including phenoxy) is 1. The molecule has 0 aliphatic heterocycles. The van der Waals surface area contributed by atoms with Crippen molar-refractivity contribution in [3.05, 3.63) is 12.7 Å². The first-order valence-corrected chi connectivity index (χ1v) is 4.31. The molecule has 1 N–H and O–H groups in total. The largest absolute Gasteiger partial charge is 0.481 e. The van der Waals surface area contributed by atoms with Gasteiger partial charge in [-0.2, -0.15) is 0 Å². The molecule has 4 nitrogen and oxygen atoms in total. The number of carboxylic acids is 1. The van der Waals surface area contributed by atoms with Crippen molar-refractivity contribution in [3.63, 3.8) is 0 Å². The van der Waals surface area contributed by atoms with Crippen LogP contribution in [0.3, 0.4) is 0 Å². The Balaban J connectivity index is 4.47. The first-order valence-electron chi connectivity index (χ1n) is 4.31. The average Bonchev–Trinajstić information content (AvgIpc) is 2.04. The standard InChI is InChI=1S/C10H16O4/c1-5-8(6-14-7(2)11)10(3,4)9(12)13/h5,8H,1,6H2,2-4H3,(H,12,13). The van der Waals surface area contributed by atoms with Gasteiger partial charge < -0.3 is 9.84 Å². The van der Waals surface area contributed by atoms with E-state index in [1.54, 1.807) is 13.8 Å². The molecule has 4 heteroatoms. The topological polar surface area (TPSA) is 63.6 Å². The van der Waals surface area contributed by atoms with Gasteiger partial charge in [0.1, 0.15) is 0 Å². The molecule has 14 heavy (non-hydrogen) atoms. The highest BCUT2D eigenvalue weighted by molar-refractivity contribution is 5.74. The normalized spacial score (nSPS) is 13.1. The third-order valence-electron chi connectivity index (χ3n) is 2.23. The zero-order valence-corrected chi connectivity index (χ0v) is 8.74. The van der Waals surface area contributed by atoms with E-state index in [0.717, 1.165) is 0 Å². The lowest BCUT2D eigenvalue weighted by Crippen LogP contribution is -2.34. The second-order valence-corrected chi connectivity index (χ2v) is 3.67. The molecule has 0 amide bonds. The van der Waals surface area contributed by atoms with E-state index in [0.29, 0.717) is 0 Å². The molecule has 0 radical (unpaired) electrons. The van der Waals surface area contributed by atoms with Crippen LogP contribution in [-0.4, -0.2) is 23.7 Å². The van der Waals surface area contributed by atoms with Crippen molar-refractivity contribution in [2.24, 2.45) is 11.3 Å². The summed E-state index contributed by atoms with van der Waals surface area (Å²) in [5.74, 6) is -1.74. The maximum atomic E-state index is 10.9. The Morgan fingerprint density at radius 2 is 2.07 bits per heavy atom. The van der Waals surface area contributed by atoms with Crippen molar-refractivity contribution in [2.45, 2.75) is 20.8 Å². The van der Waals surface area contributed by atoms with Gasteiger partial charge in [-0.05, 0) is 13.8 Å². The molecule has 0 aliphatic rings. The van der Waals surface area contributed by atoms with Crippen LogP contribution in [-0.2, 0) is 14.3 Å². The van der Waals surface area contributed by atoms with E-state index in [1.165, 1.54) is 13.0 Å². The van der Waals surface area contributed by atoms with Crippen LogP contribution in [0, 0.1) is 11.3 Å². The zero-order chi connectivity index (χ0) is 11.4. The number of esters is 1. The molecule has 0 fully saturated rings. The highest BCUT2D eigenvalue weighted by Gasteiger charge is 2.35. The summed E-state index contributed by atoms with van der Waals surface area (Å²) in [4.78, 5) is 21.4. The van der Waals surface area contributed by atoms with Gasteiger partial charge in [-0.1, -0.05) is 6.08 Å². The Bertz CT molecular complexity index is 243. The van der Waals surface area contributed by atoms with Gasteiger partial charge >= 0.3 is 11.9 Å². The molecule has 0 aromatic carbocycles. The number of rotatable bonds is 5. The van der Waals surface area contributed by atoms with Crippen LogP contribution >= 0.6 is 0 Å². The molecule has 80 valence electrons. The van der Waals surface area contributed by atoms with Crippen LogP contribution in [0.5, 0.6) is 0 Å². The Morgan fingerprint density at radius 3 is 2.36 bits per heavy atom. The quantitative estimate of drug-likeness (QED) is 0.539. The van der Waals surface area contributed by atoms with Gasteiger partial charge in [0, 0.05) is 12.8 Å². The summed E-state index contributed by atoms with van der Waals surface area (Å²) in [6.07, 6.45) is 1.50. The van der Waals surface area contributed by atoms with E-state index < -0.39 is 17.4 Å². The summed E-state index contributed by atoms with van der Waals surface area (Å²) in [7, 11) is 0. The fourth-order valence-corrected chi connectivity index (χ4v) is 0.937. The Hall–Kier alpha value is -1.32. The van der Waals surface area contributed by atoms with Crippen molar-refractivity contribution in [3.8, 4) is 0 Å². The van der Waals surface area contributed by atoms with Gasteiger partial charge in [0.25, 0.3) is 0 Å². The maximum absolute atomic E-state index is 10.9. The summed E-state index contributed by atoms with van der Waals surface area (Å²) in [6.45, 7) is 8.02. The minimum atomic E-state index is -0.975. The van der Waals surface area contributed by atoms with Gasteiger partial charge in [0.15, 0.2) is 0 Å². The van der Waals surface area contributed by atoms with Crippen LogP contribution in [0.2, 0.25) is 0 Å². The molecule has 0 aromatic heterocycles. The van der Waals surface area contributed by atoms with Crippen molar-refractivity contribution in [1.82, 2.24) is 0 Å². The van der Waals surface area contributed by atoms with Gasteiger partial charge in [-0.15, -0.1) is 6.58 Å². The minimum Gasteiger partial charge on any atom is -0.481 e. The number of hydrogen-bond acceptors (Lipinski definition) is 3. The second-order valence-electron chi connectivity index (χ2n) is 3.67. The number of aliphatic carboxylic acids is 1. The first-order chi connectivity index (χ1) is 6.32. The molecule has 0 saturated carbocycles. The summed E-state index contributed by atoms with van der Waals surface area (Å²) < 4.78 is 4.76. The Kier molecular flexibility index (Phi) is 4.34. The first kappa shape index (κ1) is 12.7. The summed E-state index contributed by atoms with van der Waals surface area (Å²) in [5, 5.41) is 8.92. The lowest BCUT2D eigenvalue weighted by atomic mass is 9.79. The summed E-state index contributed by atoms with van der Waals surface area (Å²) in [5.41, 5.74) is -0.975. The van der Waals surface area contributed by atoms with Crippen molar-refractivity contribution < 1.29 is 19.4 Å². The third kappa shape index (κ3) is 3.20. The number of carbonyl (C=O) groups is 2. The molecule has 0 bridgehead atoms. The van der Waals surface area contributed by atoms with E-state index in [-0.39, 0.29) is 12.5 Å². The molecular weight excluding hydrogens is 184 g/mol. The predicted octanol–water partition coefficient (Wildman–Crippen LogP) is 1.46. The second kappa shape index (κ2) is 4.79. The maximum Gasteiger partial charge on any atom is 0.309 e. The van der Waals surface area contributed by atoms with Gasteiger partial charge in [0.05, 0.1) is 12.0 Å². The van der Waals surface area contributed by atoms with Gasteiger partial charge in [-0.25, -0.2) is 0 Å².